The smallest absolute Gasteiger partial charge is 0.325 e. The van der Waals surface area contributed by atoms with Crippen LogP contribution in [0.25, 0.3) is 11.1 Å². The van der Waals surface area contributed by atoms with Gasteiger partial charge >= 0.3 is 5.97 Å². The Labute approximate surface area is 120 Å². The van der Waals surface area contributed by atoms with E-state index in [0.29, 0.717) is 16.1 Å². The Morgan fingerprint density at radius 1 is 1.30 bits per heavy atom. The van der Waals surface area contributed by atoms with Crippen LogP contribution in [0.5, 0.6) is 0 Å². The minimum Gasteiger partial charge on any atom is -0.480 e. The first-order valence-corrected chi connectivity index (χ1v) is 6.84. The van der Waals surface area contributed by atoms with Crippen molar-refractivity contribution in [3.63, 3.8) is 0 Å². The van der Waals surface area contributed by atoms with Gasteiger partial charge in [0.25, 0.3) is 5.91 Å². The highest BCUT2D eigenvalue weighted by molar-refractivity contribution is 7.15. The van der Waals surface area contributed by atoms with Gasteiger partial charge in [-0.05, 0) is 12.5 Å². The van der Waals surface area contributed by atoms with Crippen molar-refractivity contribution in [2.45, 2.75) is 13.0 Å². The molecule has 1 atom stereocenters. The molecule has 1 amide bonds. The molecule has 0 aliphatic rings. The number of amides is 1. The van der Waals surface area contributed by atoms with Crippen LogP contribution in [0.15, 0.2) is 35.7 Å². The molecule has 1 aromatic carbocycles. The van der Waals surface area contributed by atoms with Crippen molar-refractivity contribution >= 4 is 28.2 Å². The standard InChI is InChI=1S/C14H14N2O3S/c1-8(14(18)19)16-13(17)11-10(7-20-12(11)15)9-5-3-2-4-6-9/h2-8H,15H2,1H3,(H,16,17)(H,18,19). The van der Waals surface area contributed by atoms with Crippen LogP contribution in [-0.4, -0.2) is 23.0 Å². The zero-order valence-corrected chi connectivity index (χ0v) is 11.6. The number of carboxylic acids is 1. The normalized spacial score (nSPS) is 11.8. The van der Waals surface area contributed by atoms with Gasteiger partial charge in [-0.15, -0.1) is 11.3 Å². The van der Waals surface area contributed by atoms with Gasteiger partial charge in [0, 0.05) is 10.9 Å². The van der Waals surface area contributed by atoms with Crippen LogP contribution in [0, 0.1) is 0 Å². The third-order valence-electron chi connectivity index (χ3n) is 2.85. The van der Waals surface area contributed by atoms with Gasteiger partial charge in [0.15, 0.2) is 0 Å². The van der Waals surface area contributed by atoms with Crippen molar-refractivity contribution in [1.82, 2.24) is 5.32 Å². The summed E-state index contributed by atoms with van der Waals surface area (Å²) in [5, 5.41) is 13.4. The van der Waals surface area contributed by atoms with E-state index in [1.165, 1.54) is 18.3 Å². The van der Waals surface area contributed by atoms with Gasteiger partial charge in [0.1, 0.15) is 6.04 Å². The zero-order valence-electron chi connectivity index (χ0n) is 10.8. The number of carbonyl (C=O) groups excluding carboxylic acids is 1. The summed E-state index contributed by atoms with van der Waals surface area (Å²) in [6.07, 6.45) is 0. The molecular formula is C14H14N2O3S. The SMILES string of the molecule is CC(NC(=O)c1c(-c2ccccc2)csc1N)C(=O)O. The van der Waals surface area contributed by atoms with Crippen molar-refractivity contribution in [3.05, 3.63) is 41.3 Å². The lowest BCUT2D eigenvalue weighted by Gasteiger charge is -2.10. The van der Waals surface area contributed by atoms with E-state index in [9.17, 15) is 9.59 Å². The fourth-order valence-corrected chi connectivity index (χ4v) is 2.59. The summed E-state index contributed by atoms with van der Waals surface area (Å²) in [6, 6.07) is 8.39. The van der Waals surface area contributed by atoms with Gasteiger partial charge in [0.2, 0.25) is 0 Å². The number of rotatable bonds is 4. The lowest BCUT2D eigenvalue weighted by molar-refractivity contribution is -0.138. The maximum atomic E-state index is 12.2. The fourth-order valence-electron chi connectivity index (χ4n) is 1.77. The Kier molecular flexibility index (Phi) is 4.05. The molecule has 0 saturated carbocycles. The van der Waals surface area contributed by atoms with Gasteiger partial charge in [-0.3, -0.25) is 9.59 Å². The number of hydrogen-bond acceptors (Lipinski definition) is 4. The summed E-state index contributed by atoms with van der Waals surface area (Å²) in [5.74, 6) is -1.56. The second-order valence-corrected chi connectivity index (χ2v) is 5.20. The molecule has 4 N–H and O–H groups in total. The number of hydrogen-bond donors (Lipinski definition) is 3. The molecule has 0 radical (unpaired) electrons. The number of anilines is 1. The highest BCUT2D eigenvalue weighted by Gasteiger charge is 2.22. The van der Waals surface area contributed by atoms with E-state index >= 15 is 0 Å². The highest BCUT2D eigenvalue weighted by Crippen LogP contribution is 2.33. The molecule has 1 heterocycles. The van der Waals surface area contributed by atoms with Crippen LogP contribution >= 0.6 is 11.3 Å². The molecule has 104 valence electrons. The molecule has 0 spiro atoms. The van der Waals surface area contributed by atoms with E-state index in [2.05, 4.69) is 5.32 Å². The molecule has 6 heteroatoms. The fraction of sp³-hybridized carbons (Fsp3) is 0.143. The summed E-state index contributed by atoms with van der Waals surface area (Å²) in [4.78, 5) is 23.0. The minimum atomic E-state index is -1.09. The molecular weight excluding hydrogens is 276 g/mol. The van der Waals surface area contributed by atoms with E-state index in [0.717, 1.165) is 5.56 Å². The van der Waals surface area contributed by atoms with Crippen molar-refractivity contribution in [3.8, 4) is 11.1 Å². The molecule has 20 heavy (non-hydrogen) atoms. The van der Waals surface area contributed by atoms with Crippen molar-refractivity contribution in [1.29, 1.82) is 0 Å². The summed E-state index contributed by atoms with van der Waals surface area (Å²) >= 11 is 1.26. The molecule has 2 aromatic rings. The van der Waals surface area contributed by atoms with Crippen LogP contribution in [0.2, 0.25) is 0 Å². The van der Waals surface area contributed by atoms with Gasteiger partial charge in [0.05, 0.1) is 10.6 Å². The van der Waals surface area contributed by atoms with E-state index in [1.807, 2.05) is 30.3 Å². The van der Waals surface area contributed by atoms with E-state index in [1.54, 1.807) is 5.38 Å². The average Bonchev–Trinajstić information content (AvgIpc) is 2.81. The van der Waals surface area contributed by atoms with Gasteiger partial charge in [-0.25, -0.2) is 0 Å². The molecule has 0 bridgehead atoms. The van der Waals surface area contributed by atoms with Crippen molar-refractivity contribution in [2.24, 2.45) is 0 Å². The summed E-state index contributed by atoms with van der Waals surface area (Å²) in [6.45, 7) is 1.41. The number of nitrogens with one attached hydrogen (secondary N) is 1. The van der Waals surface area contributed by atoms with Crippen LogP contribution in [0.1, 0.15) is 17.3 Å². The third-order valence-corrected chi connectivity index (χ3v) is 3.66. The van der Waals surface area contributed by atoms with Gasteiger partial charge in [-0.1, -0.05) is 30.3 Å². The van der Waals surface area contributed by atoms with E-state index < -0.39 is 17.9 Å². The molecule has 1 unspecified atom stereocenters. The van der Waals surface area contributed by atoms with Crippen LogP contribution in [-0.2, 0) is 4.79 Å². The Bertz CT molecular complexity index is 637. The monoisotopic (exact) mass is 290 g/mol. The minimum absolute atomic E-state index is 0.328. The number of benzene rings is 1. The quantitative estimate of drug-likeness (QED) is 0.805. The maximum absolute atomic E-state index is 12.2. The molecule has 5 nitrogen and oxygen atoms in total. The largest absolute Gasteiger partial charge is 0.480 e. The first-order chi connectivity index (χ1) is 9.50. The second kappa shape index (κ2) is 5.75. The van der Waals surface area contributed by atoms with Crippen molar-refractivity contribution in [2.75, 3.05) is 5.73 Å². The Balaban J connectivity index is 2.35. The average molecular weight is 290 g/mol. The summed E-state index contributed by atoms with van der Waals surface area (Å²) < 4.78 is 0. The molecule has 1 aromatic heterocycles. The third kappa shape index (κ3) is 2.80. The Hall–Kier alpha value is -2.34. The van der Waals surface area contributed by atoms with Crippen LogP contribution < -0.4 is 11.1 Å². The van der Waals surface area contributed by atoms with Gasteiger partial charge in [-0.2, -0.15) is 0 Å². The number of nitrogens with two attached hydrogens (primary N) is 1. The van der Waals surface area contributed by atoms with Gasteiger partial charge < -0.3 is 16.2 Å². The number of carbonyl (C=O) groups is 2. The maximum Gasteiger partial charge on any atom is 0.325 e. The molecule has 0 fully saturated rings. The van der Waals surface area contributed by atoms with E-state index in [4.69, 9.17) is 10.8 Å². The van der Waals surface area contributed by atoms with E-state index in [-0.39, 0.29) is 0 Å². The number of aliphatic carboxylic acids is 1. The Morgan fingerprint density at radius 3 is 2.55 bits per heavy atom. The number of thiophene rings is 1. The Morgan fingerprint density at radius 2 is 1.95 bits per heavy atom. The second-order valence-electron chi connectivity index (χ2n) is 4.29. The van der Waals surface area contributed by atoms with Crippen LogP contribution in [0.3, 0.4) is 0 Å². The molecule has 0 aliphatic carbocycles. The lowest BCUT2D eigenvalue weighted by Crippen LogP contribution is -2.38. The lowest BCUT2D eigenvalue weighted by atomic mass is 10.0. The molecule has 0 aliphatic heterocycles. The predicted molar refractivity (Wildman–Crippen MR) is 78.7 cm³/mol. The van der Waals surface area contributed by atoms with Crippen LogP contribution in [0.4, 0.5) is 5.00 Å². The number of carboxylic acid groups (broad SMARTS) is 1. The molecule has 2 rings (SSSR count). The van der Waals surface area contributed by atoms with Crippen molar-refractivity contribution < 1.29 is 14.7 Å². The number of nitrogen functional groups attached to an aromatic ring is 1. The highest BCUT2D eigenvalue weighted by atomic mass is 32.1. The summed E-state index contributed by atoms with van der Waals surface area (Å²) in [7, 11) is 0. The summed E-state index contributed by atoms with van der Waals surface area (Å²) in [5.41, 5.74) is 7.75. The zero-order chi connectivity index (χ0) is 14.7. The first-order valence-electron chi connectivity index (χ1n) is 5.96. The predicted octanol–water partition coefficient (Wildman–Crippen LogP) is 2.20. The topological polar surface area (TPSA) is 92.4 Å². The first kappa shape index (κ1) is 14.1. The molecule has 0 saturated heterocycles.